The van der Waals surface area contributed by atoms with Crippen LogP contribution < -0.4 is 10.6 Å². The van der Waals surface area contributed by atoms with E-state index in [-0.39, 0.29) is 11.8 Å². The van der Waals surface area contributed by atoms with E-state index in [4.69, 9.17) is 11.6 Å². The molecule has 0 aliphatic carbocycles. The van der Waals surface area contributed by atoms with E-state index >= 15 is 0 Å². The van der Waals surface area contributed by atoms with Crippen molar-refractivity contribution in [2.45, 2.75) is 0 Å². The number of thioether (sulfide) groups is 1. The van der Waals surface area contributed by atoms with Gasteiger partial charge in [0.25, 0.3) is 11.8 Å². The van der Waals surface area contributed by atoms with Crippen molar-refractivity contribution in [1.82, 2.24) is 10.3 Å². The van der Waals surface area contributed by atoms with Crippen LogP contribution in [0.4, 0.5) is 11.4 Å². The summed E-state index contributed by atoms with van der Waals surface area (Å²) < 4.78 is 0. The molecule has 3 aromatic carbocycles. The first-order valence-electron chi connectivity index (χ1n) is 10.4. The number of hydrogen-bond donors (Lipinski definition) is 2. The van der Waals surface area contributed by atoms with Gasteiger partial charge in [-0.05, 0) is 71.9 Å². The second-order valence-corrected chi connectivity index (χ2v) is 8.86. The summed E-state index contributed by atoms with van der Waals surface area (Å²) in [6.07, 6.45) is 3.56. The SMILES string of the molecule is O=C1NC(=Nc2cc(NC(=O)c3ccccc3)ccc2Cl)S/C1=C\c1ccc2ncccc2c1. The van der Waals surface area contributed by atoms with Crippen molar-refractivity contribution < 1.29 is 9.59 Å². The molecule has 0 saturated carbocycles. The number of carbonyl (C=O) groups is 2. The summed E-state index contributed by atoms with van der Waals surface area (Å²) in [6.45, 7) is 0. The van der Waals surface area contributed by atoms with Gasteiger partial charge in [0.2, 0.25) is 0 Å². The summed E-state index contributed by atoms with van der Waals surface area (Å²) in [7, 11) is 0. The Morgan fingerprint density at radius 3 is 2.74 bits per heavy atom. The number of benzene rings is 3. The number of aromatic nitrogens is 1. The van der Waals surface area contributed by atoms with Crippen molar-refractivity contribution in [1.29, 1.82) is 0 Å². The first-order valence-corrected chi connectivity index (χ1v) is 11.5. The summed E-state index contributed by atoms with van der Waals surface area (Å²) in [5.41, 5.74) is 3.32. The van der Waals surface area contributed by atoms with E-state index in [1.54, 1.807) is 48.7 Å². The average Bonchev–Trinajstić information content (AvgIpc) is 3.20. The second-order valence-electron chi connectivity index (χ2n) is 7.42. The molecule has 0 spiro atoms. The van der Waals surface area contributed by atoms with Crippen LogP contribution in [-0.4, -0.2) is 22.0 Å². The molecule has 1 aromatic heterocycles. The summed E-state index contributed by atoms with van der Waals surface area (Å²) in [4.78, 5) is 34.3. The highest BCUT2D eigenvalue weighted by Gasteiger charge is 2.24. The molecule has 2 amide bonds. The first-order chi connectivity index (χ1) is 16.5. The minimum atomic E-state index is -0.236. The number of rotatable bonds is 4. The van der Waals surface area contributed by atoms with Crippen molar-refractivity contribution in [3.63, 3.8) is 0 Å². The largest absolute Gasteiger partial charge is 0.322 e. The highest BCUT2D eigenvalue weighted by molar-refractivity contribution is 8.18. The number of nitrogens with one attached hydrogen (secondary N) is 2. The Hall–Kier alpha value is -3.94. The zero-order valence-electron chi connectivity index (χ0n) is 17.7. The van der Waals surface area contributed by atoms with Crippen LogP contribution in [0.5, 0.6) is 0 Å². The van der Waals surface area contributed by atoms with Gasteiger partial charge in [-0.2, -0.15) is 0 Å². The molecule has 6 nitrogen and oxygen atoms in total. The predicted molar refractivity (Wildman–Crippen MR) is 138 cm³/mol. The molecule has 1 fully saturated rings. The normalized spacial score (nSPS) is 15.6. The van der Waals surface area contributed by atoms with Crippen LogP contribution in [0.25, 0.3) is 17.0 Å². The molecule has 1 saturated heterocycles. The van der Waals surface area contributed by atoms with Crippen LogP contribution in [-0.2, 0) is 4.79 Å². The molecule has 34 heavy (non-hydrogen) atoms. The van der Waals surface area contributed by atoms with Crippen LogP contribution in [0, 0.1) is 0 Å². The Balaban J connectivity index is 1.36. The van der Waals surface area contributed by atoms with E-state index in [9.17, 15) is 9.59 Å². The zero-order valence-corrected chi connectivity index (χ0v) is 19.2. The maximum atomic E-state index is 12.5. The van der Waals surface area contributed by atoms with Gasteiger partial charge in [0.1, 0.15) is 0 Å². The van der Waals surface area contributed by atoms with Crippen molar-refractivity contribution in [2.24, 2.45) is 4.99 Å². The molecule has 0 bridgehead atoms. The topological polar surface area (TPSA) is 83.5 Å². The molecule has 2 N–H and O–H groups in total. The average molecular weight is 485 g/mol. The first kappa shape index (κ1) is 21.9. The van der Waals surface area contributed by atoms with Crippen LogP contribution >= 0.6 is 23.4 Å². The number of anilines is 1. The maximum absolute atomic E-state index is 12.5. The van der Waals surface area contributed by atoms with Crippen LogP contribution in [0.15, 0.2) is 95.0 Å². The summed E-state index contributed by atoms with van der Waals surface area (Å²) in [5.74, 6) is -0.472. The Labute approximate surface area is 204 Å². The number of fused-ring (bicyclic) bond motifs is 1. The van der Waals surface area contributed by atoms with Crippen molar-refractivity contribution in [3.8, 4) is 0 Å². The van der Waals surface area contributed by atoms with Gasteiger partial charge in [0.05, 0.1) is 21.1 Å². The van der Waals surface area contributed by atoms with Crippen molar-refractivity contribution in [2.75, 3.05) is 5.32 Å². The lowest BCUT2D eigenvalue weighted by Gasteiger charge is -2.07. The smallest absolute Gasteiger partial charge is 0.264 e. The van der Waals surface area contributed by atoms with Gasteiger partial charge in [0.15, 0.2) is 5.17 Å². The van der Waals surface area contributed by atoms with Gasteiger partial charge in [0, 0.05) is 22.8 Å². The molecule has 0 atom stereocenters. The molecule has 166 valence electrons. The van der Waals surface area contributed by atoms with Gasteiger partial charge in [-0.1, -0.05) is 41.9 Å². The minimum Gasteiger partial charge on any atom is -0.322 e. The molecule has 8 heteroatoms. The Kier molecular flexibility index (Phi) is 6.12. The molecule has 2 heterocycles. The zero-order chi connectivity index (χ0) is 23.5. The molecule has 1 aliphatic rings. The third-order valence-electron chi connectivity index (χ3n) is 5.04. The minimum absolute atomic E-state index is 0.235. The third-order valence-corrected chi connectivity index (χ3v) is 6.27. The van der Waals surface area contributed by atoms with E-state index in [2.05, 4.69) is 20.6 Å². The molecule has 0 unspecified atom stereocenters. The van der Waals surface area contributed by atoms with Crippen LogP contribution in [0.1, 0.15) is 15.9 Å². The number of nitrogens with zero attached hydrogens (tertiary/aromatic N) is 2. The number of pyridine rings is 1. The van der Waals surface area contributed by atoms with E-state index < -0.39 is 0 Å². The van der Waals surface area contributed by atoms with Gasteiger partial charge < -0.3 is 10.6 Å². The lowest BCUT2D eigenvalue weighted by Crippen LogP contribution is -2.19. The molecular weight excluding hydrogens is 468 g/mol. The standard InChI is InChI=1S/C26H17ClN4O2S/c27-20-10-9-19(29-24(32)17-5-2-1-3-6-17)15-22(20)30-26-31-25(33)23(34-26)14-16-8-11-21-18(13-16)7-4-12-28-21/h1-15H,(H,29,32)(H,30,31,33)/b23-14-. The van der Waals surface area contributed by atoms with Crippen molar-refractivity contribution >= 4 is 68.7 Å². The lowest BCUT2D eigenvalue weighted by atomic mass is 10.1. The monoisotopic (exact) mass is 484 g/mol. The van der Waals surface area contributed by atoms with E-state index in [0.717, 1.165) is 16.5 Å². The number of hydrogen-bond acceptors (Lipinski definition) is 5. The quantitative estimate of drug-likeness (QED) is 0.346. The Bertz CT molecular complexity index is 1480. The van der Waals surface area contributed by atoms with E-state index in [1.807, 2.05) is 42.5 Å². The number of amides is 2. The van der Waals surface area contributed by atoms with Gasteiger partial charge >= 0.3 is 0 Å². The molecule has 1 aliphatic heterocycles. The lowest BCUT2D eigenvalue weighted by molar-refractivity contribution is -0.115. The molecular formula is C26H17ClN4O2S. The number of aliphatic imine (C=N–C) groups is 1. The van der Waals surface area contributed by atoms with Crippen molar-refractivity contribution in [3.05, 3.63) is 106 Å². The van der Waals surface area contributed by atoms with Crippen LogP contribution in [0.3, 0.4) is 0 Å². The summed E-state index contributed by atoms with van der Waals surface area (Å²) >= 11 is 7.55. The van der Waals surface area contributed by atoms with E-state index in [0.29, 0.717) is 32.0 Å². The second kappa shape index (κ2) is 9.51. The third kappa shape index (κ3) is 4.85. The van der Waals surface area contributed by atoms with Gasteiger partial charge in [-0.3, -0.25) is 14.6 Å². The number of carbonyl (C=O) groups excluding carboxylic acids is 2. The molecule has 0 radical (unpaired) electrons. The summed E-state index contributed by atoms with van der Waals surface area (Å²) in [6, 6.07) is 23.6. The Morgan fingerprint density at radius 2 is 1.88 bits per heavy atom. The maximum Gasteiger partial charge on any atom is 0.264 e. The number of halogens is 1. The summed E-state index contributed by atoms with van der Waals surface area (Å²) in [5, 5.41) is 7.42. The highest BCUT2D eigenvalue weighted by atomic mass is 35.5. The van der Waals surface area contributed by atoms with Gasteiger partial charge in [-0.15, -0.1) is 0 Å². The predicted octanol–water partition coefficient (Wildman–Crippen LogP) is 6.03. The molecule has 4 aromatic rings. The fourth-order valence-electron chi connectivity index (χ4n) is 3.39. The van der Waals surface area contributed by atoms with Crippen LogP contribution in [0.2, 0.25) is 5.02 Å². The molecule has 5 rings (SSSR count). The van der Waals surface area contributed by atoms with Gasteiger partial charge in [-0.25, -0.2) is 4.99 Å². The fourth-order valence-corrected chi connectivity index (χ4v) is 4.39. The Morgan fingerprint density at radius 1 is 1.03 bits per heavy atom. The highest BCUT2D eigenvalue weighted by Crippen LogP contribution is 2.33. The van der Waals surface area contributed by atoms with E-state index in [1.165, 1.54) is 11.8 Å². The number of amidine groups is 1. The fraction of sp³-hybridized carbons (Fsp3) is 0.